The minimum Gasteiger partial charge on any atom is -0.435 e. The topological polar surface area (TPSA) is 42.8 Å². The number of benzene rings is 1. The van der Waals surface area contributed by atoms with E-state index in [0.29, 0.717) is 19.5 Å². The van der Waals surface area contributed by atoms with Crippen LogP contribution in [0.5, 0.6) is 5.75 Å². The molecule has 26 heavy (non-hydrogen) atoms. The first kappa shape index (κ1) is 19.1. The number of hydrogen-bond acceptors (Lipinski definition) is 2. The van der Waals surface area contributed by atoms with E-state index >= 15 is 0 Å². The Morgan fingerprint density at radius 2 is 1.88 bits per heavy atom. The number of quaternary nitrogens is 1. The summed E-state index contributed by atoms with van der Waals surface area (Å²) >= 11 is 0. The van der Waals surface area contributed by atoms with Crippen molar-refractivity contribution in [1.82, 2.24) is 5.32 Å². The number of nitrogens with one attached hydrogen (secondary N) is 2. The molecule has 1 aromatic carbocycles. The molecule has 1 aromatic rings. The van der Waals surface area contributed by atoms with Gasteiger partial charge in [-0.15, -0.1) is 0 Å². The van der Waals surface area contributed by atoms with Gasteiger partial charge in [-0.25, -0.2) is 0 Å². The molecule has 0 aromatic heterocycles. The van der Waals surface area contributed by atoms with Gasteiger partial charge in [0.2, 0.25) is 0 Å². The summed E-state index contributed by atoms with van der Waals surface area (Å²) in [5, 5.41) is 2.99. The molecule has 4 nitrogen and oxygen atoms in total. The van der Waals surface area contributed by atoms with Crippen molar-refractivity contribution in [3.63, 3.8) is 0 Å². The number of amides is 1. The molecule has 1 heterocycles. The quantitative estimate of drug-likeness (QED) is 0.775. The van der Waals surface area contributed by atoms with Crippen LogP contribution in [0.2, 0.25) is 0 Å². The fourth-order valence-corrected chi connectivity index (χ4v) is 4.43. The maximum Gasteiger partial charge on any atom is 0.387 e. The number of likely N-dealkylation sites (tertiary alicyclic amines) is 1. The van der Waals surface area contributed by atoms with Crippen LogP contribution in [0.4, 0.5) is 8.78 Å². The second-order valence-electron chi connectivity index (χ2n) is 7.60. The third kappa shape index (κ3) is 5.66. The van der Waals surface area contributed by atoms with E-state index in [1.807, 2.05) is 0 Å². The lowest BCUT2D eigenvalue weighted by Gasteiger charge is -2.38. The number of fused-ring (bicyclic) bond motifs is 1. The van der Waals surface area contributed by atoms with Crippen LogP contribution in [0.15, 0.2) is 24.3 Å². The number of ether oxygens (including phenoxy) is 1. The van der Waals surface area contributed by atoms with Crippen molar-refractivity contribution in [2.75, 3.05) is 26.2 Å². The lowest BCUT2D eigenvalue weighted by atomic mass is 9.75. The van der Waals surface area contributed by atoms with Gasteiger partial charge >= 0.3 is 6.61 Å². The summed E-state index contributed by atoms with van der Waals surface area (Å²) in [6.45, 7) is 0.572. The average molecular weight is 367 g/mol. The van der Waals surface area contributed by atoms with Gasteiger partial charge in [-0.1, -0.05) is 25.0 Å². The van der Waals surface area contributed by atoms with E-state index in [-0.39, 0.29) is 11.7 Å². The molecule has 144 valence electrons. The Balaban J connectivity index is 1.35. The maximum absolute atomic E-state index is 12.2. The highest BCUT2D eigenvalue weighted by Gasteiger charge is 2.34. The number of rotatable bonds is 7. The highest BCUT2D eigenvalue weighted by Crippen LogP contribution is 2.32. The van der Waals surface area contributed by atoms with Gasteiger partial charge in [-0.3, -0.25) is 4.79 Å². The van der Waals surface area contributed by atoms with Gasteiger partial charge in [0.05, 0.1) is 13.1 Å². The fraction of sp³-hybridized carbons (Fsp3) is 0.650. The van der Waals surface area contributed by atoms with Crippen molar-refractivity contribution in [2.24, 2.45) is 11.8 Å². The molecule has 1 unspecified atom stereocenters. The Morgan fingerprint density at radius 1 is 1.15 bits per heavy atom. The largest absolute Gasteiger partial charge is 0.435 e. The maximum atomic E-state index is 12.2. The monoisotopic (exact) mass is 367 g/mol. The second kappa shape index (κ2) is 9.31. The molecule has 2 N–H and O–H groups in total. The number of alkyl halides is 2. The minimum absolute atomic E-state index is 0.104. The van der Waals surface area contributed by atoms with E-state index in [1.165, 1.54) is 49.1 Å². The fourth-order valence-electron chi connectivity index (χ4n) is 4.43. The zero-order valence-corrected chi connectivity index (χ0v) is 15.2. The minimum atomic E-state index is -2.80. The SMILES string of the molecule is O=C(C[NH+]1CC[C@H]2CCCC[C@@H]2C1)NCCc1ccc(OC(F)F)cc1. The van der Waals surface area contributed by atoms with Crippen molar-refractivity contribution in [3.8, 4) is 5.75 Å². The molecular formula is C20H29F2N2O2+. The van der Waals surface area contributed by atoms with Gasteiger partial charge in [-0.2, -0.15) is 8.78 Å². The third-order valence-electron chi connectivity index (χ3n) is 5.78. The summed E-state index contributed by atoms with van der Waals surface area (Å²) in [4.78, 5) is 13.6. The van der Waals surface area contributed by atoms with E-state index in [2.05, 4.69) is 10.1 Å². The molecule has 1 saturated carbocycles. The predicted octanol–water partition coefficient (Wildman–Crippen LogP) is 2.04. The molecular weight excluding hydrogens is 338 g/mol. The van der Waals surface area contributed by atoms with Crippen molar-refractivity contribution in [3.05, 3.63) is 29.8 Å². The van der Waals surface area contributed by atoms with Crippen LogP contribution in [0.25, 0.3) is 0 Å². The summed E-state index contributed by atoms with van der Waals surface area (Å²) in [7, 11) is 0. The highest BCUT2D eigenvalue weighted by atomic mass is 19.3. The molecule has 6 heteroatoms. The van der Waals surface area contributed by atoms with Gasteiger partial charge in [0, 0.05) is 12.5 Å². The number of carbonyl (C=O) groups excluding carboxylic acids is 1. The lowest BCUT2D eigenvalue weighted by Crippen LogP contribution is -3.15. The Bertz CT molecular complexity index is 580. The number of halogens is 2. The normalized spacial score (nSPS) is 25.6. The Hall–Kier alpha value is -1.69. The van der Waals surface area contributed by atoms with Crippen LogP contribution in [0.1, 0.15) is 37.7 Å². The van der Waals surface area contributed by atoms with Gasteiger partial charge in [0.1, 0.15) is 5.75 Å². The van der Waals surface area contributed by atoms with Gasteiger partial charge in [0.15, 0.2) is 6.54 Å². The van der Waals surface area contributed by atoms with Crippen molar-refractivity contribution < 1.29 is 23.2 Å². The third-order valence-corrected chi connectivity index (χ3v) is 5.78. The Labute approximate surface area is 153 Å². The number of hydrogen-bond donors (Lipinski definition) is 2. The van der Waals surface area contributed by atoms with Gasteiger partial charge in [-0.05, 0) is 49.3 Å². The molecule has 3 atom stereocenters. The van der Waals surface area contributed by atoms with Crippen LogP contribution >= 0.6 is 0 Å². The van der Waals surface area contributed by atoms with E-state index in [9.17, 15) is 13.6 Å². The van der Waals surface area contributed by atoms with E-state index < -0.39 is 6.61 Å². The molecule has 0 spiro atoms. The number of carbonyl (C=O) groups is 1. The summed E-state index contributed by atoms with van der Waals surface area (Å²) in [6.07, 6.45) is 7.39. The molecule has 1 amide bonds. The number of piperidine rings is 1. The highest BCUT2D eigenvalue weighted by molar-refractivity contribution is 5.76. The van der Waals surface area contributed by atoms with E-state index in [0.717, 1.165) is 30.5 Å². The average Bonchev–Trinajstić information content (AvgIpc) is 2.62. The van der Waals surface area contributed by atoms with Crippen molar-refractivity contribution in [2.45, 2.75) is 45.1 Å². The summed E-state index contributed by atoms with van der Waals surface area (Å²) in [5.41, 5.74) is 0.988. The van der Waals surface area contributed by atoms with Crippen LogP contribution in [-0.2, 0) is 11.2 Å². The van der Waals surface area contributed by atoms with Crippen molar-refractivity contribution >= 4 is 5.91 Å². The first-order chi connectivity index (χ1) is 12.6. The first-order valence-corrected chi connectivity index (χ1v) is 9.74. The molecule has 1 aliphatic carbocycles. The zero-order valence-electron chi connectivity index (χ0n) is 15.2. The zero-order chi connectivity index (χ0) is 18.4. The Morgan fingerprint density at radius 3 is 2.62 bits per heavy atom. The summed E-state index contributed by atoms with van der Waals surface area (Å²) in [6, 6.07) is 6.56. The first-order valence-electron chi connectivity index (χ1n) is 9.74. The predicted molar refractivity (Wildman–Crippen MR) is 95.4 cm³/mol. The summed E-state index contributed by atoms with van der Waals surface area (Å²) < 4.78 is 28.6. The van der Waals surface area contributed by atoms with Crippen LogP contribution in [-0.4, -0.2) is 38.7 Å². The van der Waals surface area contributed by atoms with Crippen molar-refractivity contribution in [1.29, 1.82) is 0 Å². The van der Waals surface area contributed by atoms with E-state index in [1.54, 1.807) is 12.1 Å². The molecule has 1 saturated heterocycles. The lowest BCUT2D eigenvalue weighted by molar-refractivity contribution is -0.902. The molecule has 0 bridgehead atoms. The second-order valence-corrected chi connectivity index (χ2v) is 7.60. The summed E-state index contributed by atoms with van der Waals surface area (Å²) in [5.74, 6) is 1.97. The standard InChI is InChI=1S/C20H28F2N2O2/c21-20(22)26-18-7-5-15(6-8-18)9-11-23-19(25)14-24-12-10-16-3-1-2-4-17(16)13-24/h5-8,16-17,20H,1-4,9-14H2,(H,23,25)/p+1/t16-,17-/m1/s1. The Kier molecular flexibility index (Phi) is 6.83. The molecule has 2 aliphatic rings. The molecule has 2 fully saturated rings. The van der Waals surface area contributed by atoms with Gasteiger partial charge in [0.25, 0.3) is 5.91 Å². The molecule has 3 rings (SSSR count). The molecule has 0 radical (unpaired) electrons. The van der Waals surface area contributed by atoms with Gasteiger partial charge < -0.3 is 15.0 Å². The van der Waals surface area contributed by atoms with Crippen LogP contribution < -0.4 is 15.0 Å². The van der Waals surface area contributed by atoms with Crippen LogP contribution in [0, 0.1) is 11.8 Å². The van der Waals surface area contributed by atoms with E-state index in [4.69, 9.17) is 0 Å². The van der Waals surface area contributed by atoms with Crippen LogP contribution in [0.3, 0.4) is 0 Å². The molecule has 1 aliphatic heterocycles. The smallest absolute Gasteiger partial charge is 0.387 e.